The molecule has 0 fully saturated rings. The van der Waals surface area contributed by atoms with Crippen molar-refractivity contribution in [2.75, 3.05) is 6.54 Å². The van der Waals surface area contributed by atoms with E-state index >= 15 is 0 Å². The van der Waals surface area contributed by atoms with Gasteiger partial charge < -0.3 is 10.6 Å². The zero-order chi connectivity index (χ0) is 14.3. The second kappa shape index (κ2) is 7.84. The van der Waals surface area contributed by atoms with E-state index in [1.165, 1.54) is 0 Å². The van der Waals surface area contributed by atoms with Gasteiger partial charge in [-0.2, -0.15) is 0 Å². The number of nitrogens with zero attached hydrogens (tertiary/aromatic N) is 1. The van der Waals surface area contributed by atoms with Gasteiger partial charge in [0.25, 0.3) is 6.43 Å². The molecule has 0 aromatic heterocycles. The first kappa shape index (κ1) is 15.6. The molecular formula is C14H20F2N2O. The number of carbonyl (C=O) groups is 1. The van der Waals surface area contributed by atoms with Crippen LogP contribution in [0.25, 0.3) is 0 Å². The number of benzene rings is 1. The zero-order valence-corrected chi connectivity index (χ0v) is 11.1. The Balaban J connectivity index is 2.74. The average Bonchev–Trinajstić information content (AvgIpc) is 2.38. The van der Waals surface area contributed by atoms with Gasteiger partial charge in [0.2, 0.25) is 5.91 Å². The van der Waals surface area contributed by atoms with Crippen molar-refractivity contribution >= 4 is 5.91 Å². The van der Waals surface area contributed by atoms with Crippen LogP contribution in [-0.2, 0) is 11.3 Å². The highest BCUT2D eigenvalue weighted by Crippen LogP contribution is 2.10. The van der Waals surface area contributed by atoms with Crippen molar-refractivity contribution in [3.8, 4) is 0 Å². The highest BCUT2D eigenvalue weighted by molar-refractivity contribution is 5.81. The van der Waals surface area contributed by atoms with Crippen molar-refractivity contribution < 1.29 is 13.6 Å². The molecule has 0 saturated heterocycles. The Morgan fingerprint density at radius 3 is 2.47 bits per heavy atom. The molecule has 0 bridgehead atoms. The van der Waals surface area contributed by atoms with Crippen LogP contribution in [0.15, 0.2) is 30.3 Å². The van der Waals surface area contributed by atoms with E-state index in [0.29, 0.717) is 6.42 Å². The maximum atomic E-state index is 12.6. The molecule has 0 radical (unpaired) electrons. The number of carbonyl (C=O) groups excluding carboxylic acids is 1. The molecule has 106 valence electrons. The van der Waals surface area contributed by atoms with Gasteiger partial charge in [-0.05, 0) is 12.0 Å². The Morgan fingerprint density at radius 2 is 1.95 bits per heavy atom. The molecule has 2 N–H and O–H groups in total. The van der Waals surface area contributed by atoms with Crippen LogP contribution in [-0.4, -0.2) is 29.8 Å². The fourth-order valence-corrected chi connectivity index (χ4v) is 1.87. The molecule has 1 atom stereocenters. The monoisotopic (exact) mass is 270 g/mol. The van der Waals surface area contributed by atoms with Crippen molar-refractivity contribution in [2.45, 2.75) is 38.8 Å². The second-order valence-corrected chi connectivity index (χ2v) is 4.49. The maximum absolute atomic E-state index is 12.6. The van der Waals surface area contributed by atoms with Crippen molar-refractivity contribution in [3.63, 3.8) is 0 Å². The summed E-state index contributed by atoms with van der Waals surface area (Å²) >= 11 is 0. The van der Waals surface area contributed by atoms with Crippen molar-refractivity contribution in [2.24, 2.45) is 5.73 Å². The molecule has 0 aliphatic rings. The minimum absolute atomic E-state index is 0.168. The number of hydrogen-bond donors (Lipinski definition) is 1. The van der Waals surface area contributed by atoms with Gasteiger partial charge >= 0.3 is 0 Å². The Labute approximate surface area is 112 Å². The first-order chi connectivity index (χ1) is 9.04. The molecule has 0 saturated carbocycles. The van der Waals surface area contributed by atoms with Gasteiger partial charge in [-0.25, -0.2) is 8.78 Å². The number of rotatable bonds is 7. The van der Waals surface area contributed by atoms with E-state index in [1.54, 1.807) is 12.1 Å². The number of amides is 1. The largest absolute Gasteiger partial charge is 0.331 e. The zero-order valence-electron chi connectivity index (χ0n) is 11.1. The second-order valence-electron chi connectivity index (χ2n) is 4.49. The third-order valence-electron chi connectivity index (χ3n) is 2.80. The Bertz CT molecular complexity index is 384. The topological polar surface area (TPSA) is 46.3 Å². The van der Waals surface area contributed by atoms with Crippen molar-refractivity contribution in [1.29, 1.82) is 0 Å². The summed E-state index contributed by atoms with van der Waals surface area (Å²) in [6.45, 7) is 1.49. The summed E-state index contributed by atoms with van der Waals surface area (Å²) in [6.07, 6.45) is -1.30. The van der Waals surface area contributed by atoms with Crippen LogP contribution in [0.3, 0.4) is 0 Å². The summed E-state index contributed by atoms with van der Waals surface area (Å²) in [4.78, 5) is 13.2. The van der Waals surface area contributed by atoms with Crippen LogP contribution in [0.5, 0.6) is 0 Å². The van der Waals surface area contributed by atoms with E-state index < -0.39 is 24.9 Å². The number of alkyl halides is 2. The molecule has 0 heterocycles. The fourth-order valence-electron chi connectivity index (χ4n) is 1.87. The van der Waals surface area contributed by atoms with Gasteiger partial charge in [0.05, 0.1) is 12.6 Å². The first-order valence-electron chi connectivity index (χ1n) is 6.41. The summed E-state index contributed by atoms with van der Waals surface area (Å²) < 4.78 is 25.1. The molecule has 1 aromatic rings. The van der Waals surface area contributed by atoms with Crippen molar-refractivity contribution in [1.82, 2.24) is 4.90 Å². The lowest BCUT2D eigenvalue weighted by Gasteiger charge is -2.25. The molecule has 3 nitrogen and oxygen atoms in total. The lowest BCUT2D eigenvalue weighted by molar-refractivity contribution is -0.135. The number of nitrogens with two attached hydrogens (primary N) is 1. The van der Waals surface area contributed by atoms with E-state index in [0.717, 1.165) is 16.9 Å². The van der Waals surface area contributed by atoms with E-state index in [1.807, 2.05) is 25.1 Å². The average molecular weight is 270 g/mol. The standard InChI is InChI=1S/C14H20F2N2O/c1-2-6-12(17)14(19)18(10-13(15)16)9-11-7-4-3-5-8-11/h3-5,7-8,12-13H,2,6,9-10,17H2,1H3. The lowest BCUT2D eigenvalue weighted by Crippen LogP contribution is -2.45. The SMILES string of the molecule is CCCC(N)C(=O)N(Cc1ccccc1)CC(F)F. The van der Waals surface area contributed by atoms with Crippen LogP contribution in [0.1, 0.15) is 25.3 Å². The minimum Gasteiger partial charge on any atom is -0.331 e. The summed E-state index contributed by atoms with van der Waals surface area (Å²) in [6, 6.07) is 8.37. The lowest BCUT2D eigenvalue weighted by atomic mass is 10.1. The van der Waals surface area contributed by atoms with Gasteiger partial charge in [-0.15, -0.1) is 0 Å². The summed E-state index contributed by atoms with van der Waals surface area (Å²) in [5.41, 5.74) is 6.54. The van der Waals surface area contributed by atoms with Crippen LogP contribution >= 0.6 is 0 Å². The molecule has 0 spiro atoms. The molecule has 0 aliphatic heterocycles. The Kier molecular flexibility index (Phi) is 6.42. The first-order valence-corrected chi connectivity index (χ1v) is 6.41. The molecule has 1 amide bonds. The number of halogens is 2. The fraction of sp³-hybridized carbons (Fsp3) is 0.500. The normalized spacial score (nSPS) is 12.5. The third-order valence-corrected chi connectivity index (χ3v) is 2.80. The molecule has 1 aromatic carbocycles. The molecular weight excluding hydrogens is 250 g/mol. The Hall–Kier alpha value is -1.49. The van der Waals surface area contributed by atoms with E-state index in [4.69, 9.17) is 5.73 Å². The minimum atomic E-state index is -2.55. The van der Waals surface area contributed by atoms with Crippen LogP contribution in [0.2, 0.25) is 0 Å². The predicted octanol–water partition coefficient (Wildman–Crippen LogP) is 2.41. The molecule has 0 aliphatic carbocycles. The molecule has 1 rings (SSSR count). The summed E-state index contributed by atoms with van der Waals surface area (Å²) in [7, 11) is 0. The van der Waals surface area contributed by atoms with Gasteiger partial charge in [-0.3, -0.25) is 4.79 Å². The van der Waals surface area contributed by atoms with Crippen molar-refractivity contribution in [3.05, 3.63) is 35.9 Å². The summed E-state index contributed by atoms with van der Waals surface area (Å²) in [5, 5.41) is 0. The van der Waals surface area contributed by atoms with Crippen LogP contribution in [0, 0.1) is 0 Å². The van der Waals surface area contributed by atoms with E-state index in [9.17, 15) is 13.6 Å². The quantitative estimate of drug-likeness (QED) is 0.827. The highest BCUT2D eigenvalue weighted by Gasteiger charge is 2.23. The summed E-state index contributed by atoms with van der Waals surface area (Å²) in [5.74, 6) is -0.411. The van der Waals surface area contributed by atoms with Crippen LogP contribution in [0.4, 0.5) is 8.78 Å². The van der Waals surface area contributed by atoms with E-state index in [-0.39, 0.29) is 6.54 Å². The molecule has 1 unspecified atom stereocenters. The van der Waals surface area contributed by atoms with E-state index in [2.05, 4.69) is 0 Å². The third kappa shape index (κ3) is 5.34. The molecule has 19 heavy (non-hydrogen) atoms. The van der Waals surface area contributed by atoms with Gasteiger partial charge in [-0.1, -0.05) is 43.7 Å². The van der Waals surface area contributed by atoms with Gasteiger partial charge in [0.1, 0.15) is 0 Å². The predicted molar refractivity (Wildman–Crippen MR) is 70.7 cm³/mol. The Morgan fingerprint density at radius 1 is 1.32 bits per heavy atom. The maximum Gasteiger partial charge on any atom is 0.255 e. The smallest absolute Gasteiger partial charge is 0.255 e. The van der Waals surface area contributed by atoms with Gasteiger partial charge in [0, 0.05) is 6.54 Å². The van der Waals surface area contributed by atoms with Gasteiger partial charge in [0.15, 0.2) is 0 Å². The molecule has 5 heteroatoms. The number of hydrogen-bond acceptors (Lipinski definition) is 2. The highest BCUT2D eigenvalue weighted by atomic mass is 19.3. The van der Waals surface area contributed by atoms with Crippen LogP contribution < -0.4 is 5.73 Å².